The molecule has 0 aliphatic carbocycles. The van der Waals surface area contributed by atoms with Gasteiger partial charge in [0, 0.05) is 36.6 Å². The number of rotatable bonds is 6. The smallest absolute Gasteiger partial charge is 0.244 e. The monoisotopic (exact) mass is 510 g/mol. The van der Waals surface area contributed by atoms with Crippen LogP contribution in [0, 0.1) is 5.82 Å². The summed E-state index contributed by atoms with van der Waals surface area (Å²) >= 11 is 6.20. The zero-order valence-corrected chi connectivity index (χ0v) is 19.2. The summed E-state index contributed by atoms with van der Waals surface area (Å²) in [6.45, 7) is 9.05. The molecule has 5 nitrogen and oxygen atoms in total. The van der Waals surface area contributed by atoms with Gasteiger partial charge in [-0.25, -0.2) is 9.38 Å². The first-order valence-electron chi connectivity index (χ1n) is 9.09. The zero-order chi connectivity index (χ0) is 19.2. The molecule has 1 aromatic carbocycles. The van der Waals surface area contributed by atoms with E-state index in [2.05, 4.69) is 15.6 Å². The summed E-state index contributed by atoms with van der Waals surface area (Å²) in [7, 11) is 0. The minimum Gasteiger partial charge on any atom is -0.357 e. The summed E-state index contributed by atoms with van der Waals surface area (Å²) in [5.74, 6) is 0.296. The molecule has 0 unspecified atom stereocenters. The van der Waals surface area contributed by atoms with Gasteiger partial charge in [-0.2, -0.15) is 0 Å². The van der Waals surface area contributed by atoms with Crippen LogP contribution in [0.15, 0.2) is 23.2 Å². The molecule has 1 aliphatic rings. The van der Waals surface area contributed by atoms with Crippen LogP contribution in [0.4, 0.5) is 4.39 Å². The molecule has 152 valence electrons. The molecule has 0 atom stereocenters. The third-order valence-corrected chi connectivity index (χ3v) is 4.85. The van der Waals surface area contributed by atoms with Crippen molar-refractivity contribution in [3.05, 3.63) is 34.6 Å². The van der Waals surface area contributed by atoms with E-state index in [1.54, 1.807) is 6.07 Å². The van der Waals surface area contributed by atoms with Crippen molar-refractivity contribution >= 4 is 47.4 Å². The number of hydrogen-bond acceptors (Lipinski definition) is 2. The van der Waals surface area contributed by atoms with Gasteiger partial charge in [0.15, 0.2) is 5.96 Å². The van der Waals surface area contributed by atoms with Crippen molar-refractivity contribution in [1.82, 2.24) is 15.5 Å². The Bertz CT molecular complexity index is 663. The lowest BCUT2D eigenvalue weighted by Gasteiger charge is -2.27. The van der Waals surface area contributed by atoms with E-state index in [0.717, 1.165) is 31.5 Å². The largest absolute Gasteiger partial charge is 0.357 e. The van der Waals surface area contributed by atoms with Crippen LogP contribution in [0.3, 0.4) is 0 Å². The van der Waals surface area contributed by atoms with Gasteiger partial charge in [-0.1, -0.05) is 31.5 Å². The standard InChI is InChI=1S/C19H28ClFN4O.HI/c1-4-22-18(23-12-17(26)25-9-5-6-10-25)24-13-19(2,3)15-8-7-14(21)11-16(15)20;/h7-8,11H,4-6,9-10,12-13H2,1-3H3,(H2,22,23,24);1H. The second-order valence-corrected chi connectivity index (χ2v) is 7.55. The summed E-state index contributed by atoms with van der Waals surface area (Å²) < 4.78 is 13.3. The Morgan fingerprint density at radius 3 is 2.56 bits per heavy atom. The Morgan fingerprint density at radius 1 is 1.30 bits per heavy atom. The van der Waals surface area contributed by atoms with Gasteiger partial charge >= 0.3 is 0 Å². The number of likely N-dealkylation sites (tertiary alicyclic amines) is 1. The van der Waals surface area contributed by atoms with Crippen molar-refractivity contribution in [1.29, 1.82) is 0 Å². The van der Waals surface area contributed by atoms with Gasteiger partial charge < -0.3 is 15.5 Å². The Kier molecular flexibility index (Phi) is 9.80. The quantitative estimate of drug-likeness (QED) is 0.350. The Balaban J connectivity index is 0.00000364. The number of nitrogens with zero attached hydrogens (tertiary/aromatic N) is 2. The van der Waals surface area contributed by atoms with E-state index >= 15 is 0 Å². The summed E-state index contributed by atoms with van der Waals surface area (Å²) in [4.78, 5) is 18.4. The molecular formula is C19H29ClFIN4O. The number of benzene rings is 1. The molecule has 0 aromatic heterocycles. The van der Waals surface area contributed by atoms with E-state index in [9.17, 15) is 9.18 Å². The molecule has 1 heterocycles. The molecule has 27 heavy (non-hydrogen) atoms. The molecule has 1 aliphatic heterocycles. The van der Waals surface area contributed by atoms with Crippen LogP contribution in [-0.4, -0.2) is 49.5 Å². The normalized spacial score (nSPS) is 14.7. The van der Waals surface area contributed by atoms with Gasteiger partial charge in [0.25, 0.3) is 0 Å². The highest BCUT2D eigenvalue weighted by Gasteiger charge is 2.24. The van der Waals surface area contributed by atoms with Crippen molar-refractivity contribution in [3.8, 4) is 0 Å². The first kappa shape index (κ1) is 23.9. The molecule has 0 spiro atoms. The fourth-order valence-corrected chi connectivity index (χ4v) is 3.42. The van der Waals surface area contributed by atoms with Crippen molar-refractivity contribution in [2.75, 3.05) is 32.7 Å². The fourth-order valence-electron chi connectivity index (χ4n) is 2.99. The Morgan fingerprint density at radius 2 is 1.96 bits per heavy atom. The van der Waals surface area contributed by atoms with Crippen LogP contribution in [-0.2, 0) is 10.2 Å². The molecule has 0 saturated carbocycles. The topological polar surface area (TPSA) is 56.7 Å². The van der Waals surface area contributed by atoms with Gasteiger partial charge in [-0.15, -0.1) is 24.0 Å². The Labute approximate surface area is 183 Å². The minimum atomic E-state index is -0.349. The molecule has 8 heteroatoms. The van der Waals surface area contributed by atoms with E-state index in [-0.39, 0.29) is 47.7 Å². The molecule has 1 amide bonds. The molecule has 2 rings (SSSR count). The van der Waals surface area contributed by atoms with Crippen molar-refractivity contribution in [2.45, 2.75) is 39.0 Å². The summed E-state index contributed by atoms with van der Waals surface area (Å²) in [6.07, 6.45) is 2.14. The molecule has 0 bridgehead atoms. The van der Waals surface area contributed by atoms with E-state index in [4.69, 9.17) is 11.6 Å². The highest BCUT2D eigenvalue weighted by molar-refractivity contribution is 14.0. The van der Waals surface area contributed by atoms with Crippen molar-refractivity contribution in [3.63, 3.8) is 0 Å². The molecular weight excluding hydrogens is 482 g/mol. The lowest BCUT2D eigenvalue weighted by molar-refractivity contribution is -0.128. The predicted octanol–water partition coefficient (Wildman–Crippen LogP) is 3.55. The molecule has 0 radical (unpaired) electrons. The number of amides is 1. The zero-order valence-electron chi connectivity index (χ0n) is 16.1. The fraction of sp³-hybridized carbons (Fsp3) is 0.579. The van der Waals surface area contributed by atoms with Gasteiger partial charge in [-0.05, 0) is 37.5 Å². The third kappa shape index (κ3) is 7.10. The second kappa shape index (κ2) is 11.0. The van der Waals surface area contributed by atoms with E-state index < -0.39 is 0 Å². The summed E-state index contributed by atoms with van der Waals surface area (Å²) in [6, 6.07) is 4.45. The third-order valence-electron chi connectivity index (χ3n) is 4.53. The van der Waals surface area contributed by atoms with Gasteiger partial charge in [0.2, 0.25) is 5.91 Å². The lowest BCUT2D eigenvalue weighted by Crippen LogP contribution is -2.44. The van der Waals surface area contributed by atoms with E-state index in [0.29, 0.717) is 24.1 Å². The van der Waals surface area contributed by atoms with Crippen LogP contribution in [0.25, 0.3) is 0 Å². The van der Waals surface area contributed by atoms with Gasteiger partial charge in [-0.3, -0.25) is 4.79 Å². The first-order chi connectivity index (χ1) is 12.3. The molecule has 1 aromatic rings. The molecule has 1 fully saturated rings. The maximum atomic E-state index is 13.3. The van der Waals surface area contributed by atoms with Crippen molar-refractivity contribution in [2.24, 2.45) is 4.99 Å². The number of aliphatic imine (C=N–C) groups is 1. The predicted molar refractivity (Wildman–Crippen MR) is 120 cm³/mol. The van der Waals surface area contributed by atoms with E-state index in [1.807, 2.05) is 25.7 Å². The lowest BCUT2D eigenvalue weighted by atomic mass is 9.84. The number of nitrogens with one attached hydrogen (secondary N) is 2. The van der Waals surface area contributed by atoms with Crippen LogP contribution in [0.2, 0.25) is 5.02 Å². The maximum absolute atomic E-state index is 13.3. The number of halogens is 3. The van der Waals surface area contributed by atoms with E-state index in [1.165, 1.54) is 12.1 Å². The Hall–Kier alpha value is -1.09. The van der Waals surface area contributed by atoms with Crippen LogP contribution in [0.5, 0.6) is 0 Å². The molecule has 1 saturated heterocycles. The van der Waals surface area contributed by atoms with Crippen LogP contribution < -0.4 is 10.6 Å². The minimum absolute atomic E-state index is 0. The number of carbonyl (C=O) groups excluding carboxylic acids is 1. The molecule has 2 N–H and O–H groups in total. The highest BCUT2D eigenvalue weighted by atomic mass is 127. The van der Waals surface area contributed by atoms with Gasteiger partial charge in [0.1, 0.15) is 12.4 Å². The van der Waals surface area contributed by atoms with Crippen LogP contribution >= 0.6 is 35.6 Å². The number of hydrogen-bond donors (Lipinski definition) is 2. The highest BCUT2D eigenvalue weighted by Crippen LogP contribution is 2.29. The second-order valence-electron chi connectivity index (χ2n) is 7.14. The maximum Gasteiger partial charge on any atom is 0.244 e. The summed E-state index contributed by atoms with van der Waals surface area (Å²) in [5.41, 5.74) is 0.525. The SMILES string of the molecule is CCNC(=NCC(=O)N1CCCC1)NCC(C)(C)c1ccc(F)cc1Cl.I. The summed E-state index contributed by atoms with van der Waals surface area (Å²) in [5, 5.41) is 6.82. The number of carbonyl (C=O) groups is 1. The van der Waals surface area contributed by atoms with Gasteiger partial charge in [0.05, 0.1) is 0 Å². The average Bonchev–Trinajstić information content (AvgIpc) is 3.11. The average molecular weight is 511 g/mol. The number of guanidine groups is 1. The van der Waals surface area contributed by atoms with Crippen LogP contribution in [0.1, 0.15) is 39.2 Å². The first-order valence-corrected chi connectivity index (χ1v) is 9.47. The van der Waals surface area contributed by atoms with Crippen molar-refractivity contribution < 1.29 is 9.18 Å².